The molecule has 0 aliphatic heterocycles. The summed E-state index contributed by atoms with van der Waals surface area (Å²) in [6.07, 6.45) is 0. The van der Waals surface area contributed by atoms with E-state index in [1.54, 1.807) is 0 Å². The molecule has 0 radical (unpaired) electrons. The number of hydrogen-bond donors (Lipinski definition) is 1. The quantitative estimate of drug-likeness (QED) is 0.546. The number of benzene rings is 2. The largest absolute Gasteiger partial charge is 0.268 e. The summed E-state index contributed by atoms with van der Waals surface area (Å²) < 4.78 is 14.5. The Hall–Kier alpha value is -3.53. The summed E-state index contributed by atoms with van der Waals surface area (Å²) in [4.78, 5) is 14.0. The molecule has 1 N–H and O–H groups in total. The fraction of sp³-hybridized carbons (Fsp3) is 0.0588. The predicted molar refractivity (Wildman–Crippen MR) is 95.9 cm³/mol. The van der Waals surface area contributed by atoms with Crippen molar-refractivity contribution in [1.29, 1.82) is 0 Å². The lowest BCUT2D eigenvalue weighted by molar-refractivity contribution is 0.0954. The van der Waals surface area contributed by atoms with Gasteiger partial charge in [0.2, 0.25) is 10.6 Å². The van der Waals surface area contributed by atoms with Crippen molar-refractivity contribution >= 4 is 18.1 Å². The molecule has 0 spiro atoms. The maximum Gasteiger partial charge on any atom is 0.265 e. The number of carbonyl (C=O) groups excluding carboxylic acids is 1. The molecule has 0 amide bonds. The van der Waals surface area contributed by atoms with E-state index in [0.717, 1.165) is 5.56 Å². The Morgan fingerprint density at radius 1 is 1.11 bits per heavy atom. The van der Waals surface area contributed by atoms with E-state index in [1.165, 1.54) is 33.6 Å². The Morgan fingerprint density at radius 3 is 2.59 bits per heavy atom. The zero-order chi connectivity index (χ0) is 18.8. The summed E-state index contributed by atoms with van der Waals surface area (Å²) in [5.74, 6) is -0.0811. The number of H-pyrrole nitrogens is 1. The first-order valence-corrected chi connectivity index (χ1v) is 8.32. The van der Waals surface area contributed by atoms with E-state index in [4.69, 9.17) is 12.2 Å². The van der Waals surface area contributed by atoms with Crippen LogP contribution in [0.2, 0.25) is 0 Å². The van der Waals surface area contributed by atoms with Crippen LogP contribution in [0.1, 0.15) is 16.2 Å². The molecule has 10 heteroatoms. The van der Waals surface area contributed by atoms with Crippen LogP contribution in [0.25, 0.3) is 11.4 Å². The lowest BCUT2D eigenvalue weighted by atomic mass is 10.2. The fourth-order valence-corrected chi connectivity index (χ4v) is 2.74. The summed E-state index contributed by atoms with van der Waals surface area (Å²) >= 11 is 5.16. The van der Waals surface area contributed by atoms with Crippen molar-refractivity contribution in [2.45, 2.75) is 6.54 Å². The van der Waals surface area contributed by atoms with Crippen molar-refractivity contribution in [2.75, 3.05) is 0 Å². The third-order valence-electron chi connectivity index (χ3n) is 3.80. The second kappa shape index (κ2) is 7.00. The van der Waals surface area contributed by atoms with Crippen molar-refractivity contribution in [3.8, 4) is 11.4 Å². The van der Waals surface area contributed by atoms with Crippen LogP contribution >= 0.6 is 12.2 Å². The monoisotopic (exact) mass is 381 g/mol. The summed E-state index contributed by atoms with van der Waals surface area (Å²) in [5, 5.41) is 19.0. The molecule has 0 atom stereocenters. The first-order valence-electron chi connectivity index (χ1n) is 7.91. The average Bonchev–Trinajstić information content (AvgIpc) is 3.30. The summed E-state index contributed by atoms with van der Waals surface area (Å²) in [7, 11) is 0. The minimum Gasteiger partial charge on any atom is -0.268 e. The SMILES string of the molecule is O=C(c1ccc(F)cc1)n1c(Cn2nnc(-c3ccccc3)n2)n[nH]c1=S. The summed E-state index contributed by atoms with van der Waals surface area (Å²) in [6, 6.07) is 14.6. The number of hydrogen-bond acceptors (Lipinski definition) is 6. The van der Waals surface area contributed by atoms with E-state index < -0.39 is 11.7 Å². The molecule has 0 bridgehead atoms. The number of rotatable bonds is 4. The third kappa shape index (κ3) is 3.42. The van der Waals surface area contributed by atoms with E-state index in [2.05, 4.69) is 25.6 Å². The van der Waals surface area contributed by atoms with Crippen LogP contribution < -0.4 is 0 Å². The molecule has 0 saturated heterocycles. The third-order valence-corrected chi connectivity index (χ3v) is 4.08. The van der Waals surface area contributed by atoms with Crippen molar-refractivity contribution in [3.63, 3.8) is 0 Å². The standard InChI is InChI=1S/C17H12FN7OS/c18-13-8-6-12(7-9-13)16(26)25-14(19-21-17(25)27)10-24-22-15(20-23-24)11-4-2-1-3-5-11/h1-9H,10H2,(H,21,27). The highest BCUT2D eigenvalue weighted by Crippen LogP contribution is 2.13. The van der Waals surface area contributed by atoms with Gasteiger partial charge in [0.15, 0.2) is 5.82 Å². The van der Waals surface area contributed by atoms with Gasteiger partial charge in [-0.15, -0.1) is 10.2 Å². The highest BCUT2D eigenvalue weighted by molar-refractivity contribution is 7.71. The van der Waals surface area contributed by atoms with Crippen LogP contribution in [0.15, 0.2) is 54.6 Å². The maximum absolute atomic E-state index is 13.1. The summed E-state index contributed by atoms with van der Waals surface area (Å²) in [6.45, 7) is 0.0832. The molecule has 0 unspecified atom stereocenters. The van der Waals surface area contributed by atoms with E-state index >= 15 is 0 Å². The molecule has 0 aliphatic carbocycles. The van der Waals surface area contributed by atoms with Crippen LogP contribution in [-0.2, 0) is 6.54 Å². The Balaban J connectivity index is 1.63. The molecule has 2 aromatic carbocycles. The highest BCUT2D eigenvalue weighted by Gasteiger charge is 2.17. The van der Waals surface area contributed by atoms with Gasteiger partial charge in [0.05, 0.1) is 0 Å². The van der Waals surface area contributed by atoms with Gasteiger partial charge < -0.3 is 0 Å². The highest BCUT2D eigenvalue weighted by atomic mass is 32.1. The number of aromatic nitrogens is 7. The van der Waals surface area contributed by atoms with Crippen LogP contribution in [0.5, 0.6) is 0 Å². The van der Waals surface area contributed by atoms with Crippen LogP contribution in [0, 0.1) is 10.6 Å². The Kier molecular flexibility index (Phi) is 4.38. The van der Waals surface area contributed by atoms with Crippen molar-refractivity contribution in [3.05, 3.63) is 76.6 Å². The average molecular weight is 381 g/mol. The van der Waals surface area contributed by atoms with Gasteiger partial charge in [-0.25, -0.2) is 8.96 Å². The fourth-order valence-electron chi connectivity index (χ4n) is 2.51. The number of halogens is 1. The van der Waals surface area contributed by atoms with E-state index in [0.29, 0.717) is 11.6 Å². The first-order chi connectivity index (χ1) is 13.1. The molecular weight excluding hydrogens is 369 g/mol. The topological polar surface area (TPSA) is 94.3 Å². The number of tetrazole rings is 1. The molecule has 2 heterocycles. The van der Waals surface area contributed by atoms with E-state index in [1.807, 2.05) is 30.3 Å². The van der Waals surface area contributed by atoms with Gasteiger partial charge in [0, 0.05) is 11.1 Å². The van der Waals surface area contributed by atoms with Crippen molar-refractivity contribution < 1.29 is 9.18 Å². The Labute approximate surface area is 157 Å². The van der Waals surface area contributed by atoms with E-state index in [9.17, 15) is 9.18 Å². The Bertz CT molecular complexity index is 1150. The zero-order valence-corrected chi connectivity index (χ0v) is 14.6. The lowest BCUT2D eigenvalue weighted by Gasteiger charge is -2.05. The Morgan fingerprint density at radius 2 is 1.85 bits per heavy atom. The zero-order valence-electron chi connectivity index (χ0n) is 13.8. The van der Waals surface area contributed by atoms with Crippen molar-refractivity contribution in [1.82, 2.24) is 35.0 Å². The molecule has 0 fully saturated rings. The van der Waals surface area contributed by atoms with Gasteiger partial charge in [-0.1, -0.05) is 30.3 Å². The maximum atomic E-state index is 13.1. The number of nitrogens with one attached hydrogen (secondary N) is 1. The van der Waals surface area contributed by atoms with Gasteiger partial charge in [-0.05, 0) is 41.7 Å². The van der Waals surface area contributed by atoms with Gasteiger partial charge >= 0.3 is 0 Å². The molecular formula is C17H12FN7OS. The number of aromatic amines is 1. The second-order valence-electron chi connectivity index (χ2n) is 5.60. The first kappa shape index (κ1) is 16.9. The van der Waals surface area contributed by atoms with Crippen LogP contribution in [-0.4, -0.2) is 40.9 Å². The number of nitrogens with zero attached hydrogens (tertiary/aromatic N) is 6. The normalized spacial score (nSPS) is 10.9. The second-order valence-corrected chi connectivity index (χ2v) is 5.99. The molecule has 0 aliphatic rings. The van der Waals surface area contributed by atoms with E-state index in [-0.39, 0.29) is 16.9 Å². The molecule has 4 rings (SSSR count). The van der Waals surface area contributed by atoms with Gasteiger partial charge in [-0.2, -0.15) is 9.90 Å². The van der Waals surface area contributed by atoms with Crippen molar-refractivity contribution in [2.24, 2.45) is 0 Å². The van der Waals surface area contributed by atoms with Gasteiger partial charge in [-0.3, -0.25) is 9.89 Å². The lowest BCUT2D eigenvalue weighted by Crippen LogP contribution is -2.18. The minimum atomic E-state index is -0.428. The number of carbonyl (C=O) groups is 1. The molecule has 2 aromatic heterocycles. The molecule has 134 valence electrons. The summed E-state index contributed by atoms with van der Waals surface area (Å²) in [5.41, 5.74) is 1.11. The predicted octanol–water partition coefficient (Wildman–Crippen LogP) is 2.47. The molecule has 4 aromatic rings. The van der Waals surface area contributed by atoms with Gasteiger partial charge in [0.25, 0.3) is 5.91 Å². The van der Waals surface area contributed by atoms with Crippen LogP contribution in [0.3, 0.4) is 0 Å². The molecule has 8 nitrogen and oxygen atoms in total. The molecule has 0 saturated carbocycles. The smallest absolute Gasteiger partial charge is 0.265 e. The van der Waals surface area contributed by atoms with Gasteiger partial charge in [0.1, 0.15) is 12.4 Å². The van der Waals surface area contributed by atoms with Crippen LogP contribution in [0.4, 0.5) is 4.39 Å². The molecule has 27 heavy (non-hydrogen) atoms. The minimum absolute atomic E-state index is 0.0832.